The average molecular weight is 288 g/mol. The Bertz CT molecular complexity index is 778. The number of carbonyl (C=O) groups excluding carboxylic acids is 1. The summed E-state index contributed by atoms with van der Waals surface area (Å²) in [4.78, 5) is 20.8. The first kappa shape index (κ1) is 12.7. The van der Waals surface area contributed by atoms with Gasteiger partial charge in [-0.05, 0) is 30.0 Å². The normalized spacial score (nSPS) is 10.9. The van der Waals surface area contributed by atoms with Gasteiger partial charge in [0.1, 0.15) is 6.42 Å². The first-order chi connectivity index (χ1) is 9.69. The molecule has 3 heterocycles. The second-order valence-corrected chi connectivity index (χ2v) is 5.17. The van der Waals surface area contributed by atoms with E-state index in [1.807, 2.05) is 18.4 Å². The van der Waals surface area contributed by atoms with Gasteiger partial charge in [0.15, 0.2) is 5.82 Å². The Hall–Kier alpha value is -2.28. The third-order valence-corrected chi connectivity index (χ3v) is 3.95. The van der Waals surface area contributed by atoms with Crippen molar-refractivity contribution in [1.82, 2.24) is 19.6 Å². The van der Waals surface area contributed by atoms with E-state index in [9.17, 15) is 4.79 Å². The molecule has 3 aromatic rings. The van der Waals surface area contributed by atoms with E-state index in [1.165, 1.54) is 12.7 Å². The summed E-state index contributed by atoms with van der Waals surface area (Å²) in [6.07, 6.45) is 1.74. The summed E-state index contributed by atoms with van der Waals surface area (Å²) >= 11 is 1.64. The van der Waals surface area contributed by atoms with Crippen molar-refractivity contribution < 1.29 is 9.53 Å². The molecule has 0 spiro atoms. The predicted octanol–water partition coefficient (Wildman–Crippen LogP) is 1.88. The minimum atomic E-state index is -0.366. The number of aryl methyl sites for hydroxylation is 1. The molecule has 0 saturated heterocycles. The van der Waals surface area contributed by atoms with E-state index in [2.05, 4.69) is 25.9 Å². The fourth-order valence-electron chi connectivity index (χ4n) is 1.92. The molecule has 0 bridgehead atoms. The van der Waals surface area contributed by atoms with Crippen molar-refractivity contribution >= 4 is 23.1 Å². The number of ether oxygens (including phenoxy) is 1. The Morgan fingerprint density at radius 1 is 1.45 bits per heavy atom. The fraction of sp³-hybridized carbons (Fsp3) is 0.231. The maximum absolute atomic E-state index is 11.3. The van der Waals surface area contributed by atoms with Crippen molar-refractivity contribution in [3.8, 4) is 10.6 Å². The molecule has 0 saturated carbocycles. The van der Waals surface area contributed by atoms with Gasteiger partial charge in [-0.2, -0.15) is 9.50 Å². The molecular weight excluding hydrogens is 276 g/mol. The largest absolute Gasteiger partial charge is 0.469 e. The van der Waals surface area contributed by atoms with E-state index in [1.54, 1.807) is 22.0 Å². The number of hydrogen-bond acceptors (Lipinski definition) is 6. The van der Waals surface area contributed by atoms with Crippen LogP contribution in [-0.4, -0.2) is 32.7 Å². The maximum Gasteiger partial charge on any atom is 0.313 e. The van der Waals surface area contributed by atoms with Crippen LogP contribution < -0.4 is 0 Å². The molecular formula is C13H12N4O2S. The van der Waals surface area contributed by atoms with Gasteiger partial charge < -0.3 is 4.74 Å². The Labute approximate surface area is 119 Å². The van der Waals surface area contributed by atoms with Crippen molar-refractivity contribution in [3.05, 3.63) is 35.1 Å². The van der Waals surface area contributed by atoms with Crippen LogP contribution in [0.25, 0.3) is 16.3 Å². The van der Waals surface area contributed by atoms with E-state index >= 15 is 0 Å². The van der Waals surface area contributed by atoms with Gasteiger partial charge in [0, 0.05) is 6.20 Å². The zero-order valence-corrected chi connectivity index (χ0v) is 11.8. The van der Waals surface area contributed by atoms with Gasteiger partial charge in [0.25, 0.3) is 5.78 Å². The van der Waals surface area contributed by atoms with Gasteiger partial charge in [-0.25, -0.2) is 4.98 Å². The minimum absolute atomic E-state index is 0.0444. The highest BCUT2D eigenvalue weighted by atomic mass is 32.1. The van der Waals surface area contributed by atoms with E-state index in [4.69, 9.17) is 0 Å². The van der Waals surface area contributed by atoms with Gasteiger partial charge in [-0.3, -0.25) is 4.79 Å². The number of hydrogen-bond donors (Lipinski definition) is 0. The Kier molecular flexibility index (Phi) is 3.19. The molecule has 20 heavy (non-hydrogen) atoms. The van der Waals surface area contributed by atoms with E-state index in [-0.39, 0.29) is 12.4 Å². The van der Waals surface area contributed by atoms with Gasteiger partial charge >= 0.3 is 5.97 Å². The second kappa shape index (κ2) is 5.01. The highest BCUT2D eigenvalue weighted by Gasteiger charge is 2.14. The van der Waals surface area contributed by atoms with Gasteiger partial charge in [-0.15, -0.1) is 16.4 Å². The first-order valence-electron chi connectivity index (χ1n) is 6.01. The van der Waals surface area contributed by atoms with Crippen LogP contribution in [0.3, 0.4) is 0 Å². The predicted molar refractivity (Wildman–Crippen MR) is 74.6 cm³/mol. The number of carbonyl (C=O) groups is 1. The first-order valence-corrected chi connectivity index (χ1v) is 6.89. The number of rotatable bonds is 3. The van der Waals surface area contributed by atoms with Gasteiger partial charge in [0.2, 0.25) is 0 Å². The summed E-state index contributed by atoms with van der Waals surface area (Å²) in [5.41, 5.74) is 2.10. The van der Waals surface area contributed by atoms with Crippen LogP contribution in [0.5, 0.6) is 0 Å². The van der Waals surface area contributed by atoms with Gasteiger partial charge in [0.05, 0.1) is 17.7 Å². The molecule has 0 aromatic carbocycles. The number of methoxy groups -OCH3 is 1. The number of nitrogens with zero attached hydrogens (tertiary/aromatic N) is 4. The number of fused-ring (bicyclic) bond motifs is 1. The summed E-state index contributed by atoms with van der Waals surface area (Å²) in [6, 6.07) is 3.95. The van der Waals surface area contributed by atoms with Crippen LogP contribution in [0.2, 0.25) is 0 Å². The molecule has 0 N–H and O–H groups in total. The van der Waals surface area contributed by atoms with E-state index < -0.39 is 0 Å². The Morgan fingerprint density at radius 2 is 2.30 bits per heavy atom. The van der Waals surface area contributed by atoms with E-state index in [0.717, 1.165) is 10.6 Å². The summed E-state index contributed by atoms with van der Waals surface area (Å²) < 4.78 is 6.29. The second-order valence-electron chi connectivity index (χ2n) is 4.26. The van der Waals surface area contributed by atoms with Gasteiger partial charge in [-0.1, -0.05) is 0 Å². The standard InChI is InChI=1S/C13H12N4O2S/c1-8-4-6-20-12(8)9-3-5-14-13-15-10(16-17(9)13)7-11(18)19-2/h3-6H,7H2,1-2H3. The molecule has 0 aliphatic rings. The van der Waals surface area contributed by atoms with Crippen LogP contribution in [0.1, 0.15) is 11.4 Å². The highest BCUT2D eigenvalue weighted by molar-refractivity contribution is 7.13. The lowest BCUT2D eigenvalue weighted by Crippen LogP contribution is -2.06. The van der Waals surface area contributed by atoms with Crippen molar-refractivity contribution in [3.63, 3.8) is 0 Å². The quantitative estimate of drug-likeness (QED) is 0.688. The topological polar surface area (TPSA) is 69.4 Å². The lowest BCUT2D eigenvalue weighted by atomic mass is 10.2. The maximum atomic E-state index is 11.3. The molecule has 0 radical (unpaired) electrons. The molecule has 0 unspecified atom stereocenters. The highest BCUT2D eigenvalue weighted by Crippen LogP contribution is 2.28. The lowest BCUT2D eigenvalue weighted by Gasteiger charge is -2.01. The van der Waals surface area contributed by atoms with Crippen molar-refractivity contribution in [2.24, 2.45) is 0 Å². The van der Waals surface area contributed by atoms with Crippen molar-refractivity contribution in [2.45, 2.75) is 13.3 Å². The molecule has 7 heteroatoms. The summed E-state index contributed by atoms with van der Waals surface area (Å²) in [7, 11) is 1.34. The molecule has 102 valence electrons. The molecule has 0 fully saturated rings. The fourth-order valence-corrected chi connectivity index (χ4v) is 2.86. The summed E-state index contributed by atoms with van der Waals surface area (Å²) in [5.74, 6) is 0.523. The zero-order chi connectivity index (χ0) is 14.1. The molecule has 0 amide bonds. The summed E-state index contributed by atoms with van der Waals surface area (Å²) in [6.45, 7) is 2.05. The molecule has 3 rings (SSSR count). The lowest BCUT2D eigenvalue weighted by molar-refractivity contribution is -0.139. The van der Waals surface area contributed by atoms with Crippen LogP contribution >= 0.6 is 11.3 Å². The van der Waals surface area contributed by atoms with E-state index in [0.29, 0.717) is 11.6 Å². The minimum Gasteiger partial charge on any atom is -0.469 e. The Morgan fingerprint density at radius 3 is 3.00 bits per heavy atom. The number of thiophene rings is 1. The number of esters is 1. The Balaban J connectivity index is 2.10. The molecule has 3 aromatic heterocycles. The third-order valence-electron chi connectivity index (χ3n) is 2.91. The number of aromatic nitrogens is 4. The molecule has 6 nitrogen and oxygen atoms in total. The van der Waals surface area contributed by atoms with Crippen LogP contribution in [0.4, 0.5) is 0 Å². The van der Waals surface area contributed by atoms with Crippen LogP contribution in [-0.2, 0) is 16.0 Å². The van der Waals surface area contributed by atoms with Crippen molar-refractivity contribution in [1.29, 1.82) is 0 Å². The molecule has 0 atom stereocenters. The average Bonchev–Trinajstić information content (AvgIpc) is 3.03. The van der Waals surface area contributed by atoms with Crippen LogP contribution in [0.15, 0.2) is 23.7 Å². The summed E-state index contributed by atoms with van der Waals surface area (Å²) in [5, 5.41) is 6.38. The SMILES string of the molecule is COC(=O)Cc1nc2nccc(-c3sccc3C)n2n1. The van der Waals surface area contributed by atoms with Crippen molar-refractivity contribution in [2.75, 3.05) is 7.11 Å². The zero-order valence-electron chi connectivity index (χ0n) is 11.0. The molecule has 0 aliphatic carbocycles. The third kappa shape index (κ3) is 2.16. The molecule has 0 aliphatic heterocycles. The van der Waals surface area contributed by atoms with Crippen LogP contribution in [0, 0.1) is 6.92 Å². The smallest absolute Gasteiger partial charge is 0.313 e. The monoisotopic (exact) mass is 288 g/mol.